The van der Waals surface area contributed by atoms with Crippen molar-refractivity contribution in [1.29, 1.82) is 0 Å². The minimum Gasteiger partial charge on any atom is -0.497 e. The van der Waals surface area contributed by atoms with Gasteiger partial charge in [-0.2, -0.15) is 0 Å². The van der Waals surface area contributed by atoms with E-state index in [1.165, 1.54) is 5.56 Å². The first-order valence-corrected chi connectivity index (χ1v) is 8.42. The first-order valence-electron chi connectivity index (χ1n) is 8.42. The first-order chi connectivity index (χ1) is 12.3. The number of benzene rings is 1. The number of aliphatic carboxylic acids is 2. The van der Waals surface area contributed by atoms with E-state index in [0.717, 1.165) is 44.2 Å². The van der Waals surface area contributed by atoms with Gasteiger partial charge in [0.15, 0.2) is 0 Å². The Morgan fingerprint density at radius 1 is 1.04 bits per heavy atom. The highest BCUT2D eigenvalue weighted by molar-refractivity contribution is 6.27. The van der Waals surface area contributed by atoms with Crippen molar-refractivity contribution < 1.29 is 29.3 Å². The molecule has 0 unspecified atom stereocenters. The summed E-state index contributed by atoms with van der Waals surface area (Å²) < 4.78 is 10.8. The quantitative estimate of drug-likeness (QED) is 0.752. The Morgan fingerprint density at radius 2 is 1.62 bits per heavy atom. The van der Waals surface area contributed by atoms with Gasteiger partial charge in [-0.3, -0.25) is 9.80 Å². The number of carbonyl (C=O) groups is 2. The van der Waals surface area contributed by atoms with Gasteiger partial charge in [0.1, 0.15) is 11.5 Å². The van der Waals surface area contributed by atoms with E-state index in [4.69, 9.17) is 29.3 Å². The third-order valence-corrected chi connectivity index (χ3v) is 4.20. The van der Waals surface area contributed by atoms with Crippen molar-refractivity contribution in [2.75, 3.05) is 40.4 Å². The van der Waals surface area contributed by atoms with Crippen LogP contribution >= 0.6 is 0 Å². The number of carboxylic acid groups (broad SMARTS) is 2. The lowest BCUT2D eigenvalue weighted by molar-refractivity contribution is -0.159. The summed E-state index contributed by atoms with van der Waals surface area (Å²) in [7, 11) is 3.43. The first kappa shape index (κ1) is 21.7. The van der Waals surface area contributed by atoms with Crippen LogP contribution in [0.25, 0.3) is 0 Å². The Bertz CT molecular complexity index is 585. The maximum Gasteiger partial charge on any atom is 0.414 e. The molecule has 1 fully saturated rings. The molecule has 1 aliphatic heterocycles. The van der Waals surface area contributed by atoms with Crippen LogP contribution < -0.4 is 9.47 Å². The van der Waals surface area contributed by atoms with Gasteiger partial charge in [0.05, 0.1) is 14.2 Å². The molecule has 0 radical (unpaired) electrons. The monoisotopic (exact) mass is 368 g/mol. The highest BCUT2D eigenvalue weighted by Gasteiger charge is 2.19. The van der Waals surface area contributed by atoms with Gasteiger partial charge >= 0.3 is 11.9 Å². The predicted octanol–water partition coefficient (Wildman–Crippen LogP) is 1.39. The van der Waals surface area contributed by atoms with Crippen molar-refractivity contribution in [3.8, 4) is 11.5 Å². The fourth-order valence-electron chi connectivity index (χ4n) is 2.68. The van der Waals surface area contributed by atoms with Crippen LogP contribution in [0.5, 0.6) is 11.5 Å². The molecule has 0 amide bonds. The molecule has 1 saturated heterocycles. The van der Waals surface area contributed by atoms with E-state index in [9.17, 15) is 0 Å². The molecule has 2 rings (SSSR count). The van der Waals surface area contributed by atoms with Crippen molar-refractivity contribution in [2.45, 2.75) is 26.4 Å². The predicted molar refractivity (Wildman–Crippen MR) is 96.8 cm³/mol. The molecule has 8 heteroatoms. The molecule has 146 valence electrons. The van der Waals surface area contributed by atoms with Crippen molar-refractivity contribution in [3.63, 3.8) is 0 Å². The van der Waals surface area contributed by atoms with E-state index >= 15 is 0 Å². The van der Waals surface area contributed by atoms with Crippen LogP contribution in [0.4, 0.5) is 0 Å². The normalized spacial score (nSPS) is 15.1. The Morgan fingerprint density at radius 3 is 2.04 bits per heavy atom. The molecular formula is C18H28N2O6. The molecule has 2 N–H and O–H groups in total. The number of hydrogen-bond acceptors (Lipinski definition) is 6. The minimum atomic E-state index is -1.82. The second kappa shape index (κ2) is 10.6. The zero-order valence-electron chi connectivity index (χ0n) is 15.8. The smallest absolute Gasteiger partial charge is 0.414 e. The molecule has 8 nitrogen and oxygen atoms in total. The van der Waals surface area contributed by atoms with Gasteiger partial charge in [0.2, 0.25) is 0 Å². The van der Waals surface area contributed by atoms with E-state index < -0.39 is 11.9 Å². The molecule has 0 spiro atoms. The summed E-state index contributed by atoms with van der Waals surface area (Å²) in [6, 6.07) is 6.65. The van der Waals surface area contributed by atoms with E-state index in [-0.39, 0.29) is 0 Å². The average Bonchev–Trinajstić information content (AvgIpc) is 2.62. The lowest BCUT2D eigenvalue weighted by Crippen LogP contribution is -2.48. The molecule has 0 aromatic heterocycles. The summed E-state index contributed by atoms with van der Waals surface area (Å²) in [4.78, 5) is 23.2. The van der Waals surface area contributed by atoms with E-state index in [2.05, 4.69) is 29.7 Å². The topological polar surface area (TPSA) is 99.5 Å². The number of carboxylic acids is 2. The number of nitrogens with zero attached hydrogens (tertiary/aromatic N) is 2. The molecule has 1 aromatic carbocycles. The molecule has 26 heavy (non-hydrogen) atoms. The fourth-order valence-corrected chi connectivity index (χ4v) is 2.68. The summed E-state index contributed by atoms with van der Waals surface area (Å²) in [6.45, 7) is 9.96. The van der Waals surface area contributed by atoms with Crippen LogP contribution in [0.2, 0.25) is 0 Å². The zero-order chi connectivity index (χ0) is 19.7. The lowest BCUT2D eigenvalue weighted by Gasteiger charge is -2.37. The van der Waals surface area contributed by atoms with Crippen LogP contribution in [0.3, 0.4) is 0 Å². The summed E-state index contributed by atoms with van der Waals surface area (Å²) >= 11 is 0. The Kier molecular flexibility index (Phi) is 8.87. The van der Waals surface area contributed by atoms with Crippen LogP contribution in [-0.4, -0.2) is 78.4 Å². The van der Waals surface area contributed by atoms with E-state index in [1.807, 2.05) is 12.1 Å². The second-order valence-corrected chi connectivity index (χ2v) is 6.19. The minimum absolute atomic E-state index is 0.642. The molecule has 1 heterocycles. The maximum absolute atomic E-state index is 9.10. The number of piperazine rings is 1. The molecule has 1 aromatic rings. The van der Waals surface area contributed by atoms with E-state index in [1.54, 1.807) is 14.2 Å². The largest absolute Gasteiger partial charge is 0.497 e. The molecule has 0 saturated carbocycles. The molecule has 0 atom stereocenters. The van der Waals surface area contributed by atoms with Crippen molar-refractivity contribution in [2.24, 2.45) is 0 Å². The van der Waals surface area contributed by atoms with Crippen LogP contribution in [0, 0.1) is 0 Å². The number of hydrogen-bond donors (Lipinski definition) is 2. The van der Waals surface area contributed by atoms with E-state index in [0.29, 0.717) is 6.04 Å². The van der Waals surface area contributed by atoms with Gasteiger partial charge in [-0.15, -0.1) is 0 Å². The fraction of sp³-hybridized carbons (Fsp3) is 0.556. The van der Waals surface area contributed by atoms with Gasteiger partial charge in [-0.1, -0.05) is 0 Å². The summed E-state index contributed by atoms with van der Waals surface area (Å²) in [5, 5.41) is 14.8. The van der Waals surface area contributed by atoms with Gasteiger partial charge in [0.25, 0.3) is 0 Å². The van der Waals surface area contributed by atoms with Gasteiger partial charge in [-0.25, -0.2) is 9.59 Å². The molecule has 1 aliphatic rings. The second-order valence-electron chi connectivity index (χ2n) is 6.19. The standard InChI is InChI=1S/C16H26N2O2.C2H2O4/c1-13(2)18-9-7-17(8-10-18)12-14-11-15(19-3)5-6-16(14)20-4;3-1(4)2(5)6/h5-6,11,13H,7-10,12H2,1-4H3;(H,3,4)(H,5,6). The Hall–Kier alpha value is -2.32. The van der Waals surface area contributed by atoms with Gasteiger partial charge in [-0.05, 0) is 32.0 Å². The number of methoxy groups -OCH3 is 2. The summed E-state index contributed by atoms with van der Waals surface area (Å²) in [5.41, 5.74) is 1.20. The van der Waals surface area contributed by atoms with Crippen LogP contribution in [0.15, 0.2) is 18.2 Å². The Balaban J connectivity index is 0.000000487. The maximum atomic E-state index is 9.10. The number of ether oxygens (including phenoxy) is 2. The summed E-state index contributed by atoms with van der Waals surface area (Å²) in [6.07, 6.45) is 0. The molecule has 0 aliphatic carbocycles. The molecular weight excluding hydrogens is 340 g/mol. The Labute approximate surface area is 153 Å². The van der Waals surface area contributed by atoms with Crippen molar-refractivity contribution >= 4 is 11.9 Å². The highest BCUT2D eigenvalue weighted by Crippen LogP contribution is 2.25. The third kappa shape index (κ3) is 6.89. The third-order valence-electron chi connectivity index (χ3n) is 4.20. The van der Waals surface area contributed by atoms with Crippen LogP contribution in [0.1, 0.15) is 19.4 Å². The highest BCUT2D eigenvalue weighted by atomic mass is 16.5. The van der Waals surface area contributed by atoms with Crippen LogP contribution in [-0.2, 0) is 16.1 Å². The van der Waals surface area contributed by atoms with Crippen molar-refractivity contribution in [1.82, 2.24) is 9.80 Å². The SMILES string of the molecule is COc1ccc(OC)c(CN2CCN(C(C)C)CC2)c1.O=C(O)C(=O)O. The lowest BCUT2D eigenvalue weighted by atomic mass is 10.1. The summed E-state index contributed by atoms with van der Waals surface area (Å²) in [5.74, 6) is -1.82. The average molecular weight is 368 g/mol. The number of rotatable bonds is 5. The molecule has 0 bridgehead atoms. The zero-order valence-corrected chi connectivity index (χ0v) is 15.8. The van der Waals surface area contributed by atoms with Gasteiger partial charge in [0, 0.05) is 44.3 Å². The van der Waals surface area contributed by atoms with Gasteiger partial charge < -0.3 is 19.7 Å². The van der Waals surface area contributed by atoms with Crippen molar-refractivity contribution in [3.05, 3.63) is 23.8 Å².